The minimum atomic E-state index is -3.60. The van der Waals surface area contributed by atoms with Gasteiger partial charge in [-0.15, -0.1) is 0 Å². The summed E-state index contributed by atoms with van der Waals surface area (Å²) in [4.78, 5) is 9.73. The lowest BCUT2D eigenvalue weighted by molar-refractivity contribution is -0.136. The maximum Gasteiger partial charge on any atom is 0.304 e. The molecule has 0 fully saturated rings. The molecule has 0 aliphatic rings. The summed E-state index contributed by atoms with van der Waals surface area (Å²) >= 11 is 0. The summed E-state index contributed by atoms with van der Waals surface area (Å²) in [5, 5.41) is 12.4. The molecule has 0 aromatic carbocycles. The summed E-state index contributed by atoms with van der Waals surface area (Å²) in [6.45, 7) is 0. The second-order valence-electron chi connectivity index (χ2n) is 1.51. The summed E-state index contributed by atoms with van der Waals surface area (Å²) in [5.41, 5.74) is 0. The number of aliphatic carboxylic acids is 1. The molecule has 5 nitrogen and oxygen atoms in total. The van der Waals surface area contributed by atoms with Crippen molar-refractivity contribution in [1.82, 2.24) is 0 Å². The fraction of sp³-hybridized carbons (Fsp3) is 0.667. The molecule has 0 aromatic rings. The maximum atomic E-state index is 10.1. The van der Waals surface area contributed by atoms with Gasteiger partial charge in [-0.25, -0.2) is 13.6 Å². The van der Waals surface area contributed by atoms with Crippen LogP contribution < -0.4 is 5.14 Å². The first-order valence-electron chi connectivity index (χ1n) is 2.14. The molecular formula is C3H7NO4S. The second kappa shape index (κ2) is 2.79. The summed E-state index contributed by atoms with van der Waals surface area (Å²) in [6.07, 6.45) is -0.432. The number of carbonyl (C=O) groups is 1. The highest BCUT2D eigenvalue weighted by Crippen LogP contribution is 1.83. The quantitative estimate of drug-likeness (QED) is 0.529. The number of carboxylic acid groups (broad SMARTS) is 1. The van der Waals surface area contributed by atoms with Crippen molar-refractivity contribution in [3.8, 4) is 0 Å². The molecule has 0 aliphatic heterocycles. The van der Waals surface area contributed by atoms with Gasteiger partial charge >= 0.3 is 5.97 Å². The Morgan fingerprint density at radius 3 is 2.11 bits per heavy atom. The van der Waals surface area contributed by atoms with E-state index >= 15 is 0 Å². The Hall–Kier alpha value is -0.620. The molecule has 0 aromatic heterocycles. The van der Waals surface area contributed by atoms with Gasteiger partial charge in [-0.3, -0.25) is 4.79 Å². The molecule has 9 heavy (non-hydrogen) atoms. The van der Waals surface area contributed by atoms with Gasteiger partial charge in [0.2, 0.25) is 10.0 Å². The van der Waals surface area contributed by atoms with E-state index in [0.717, 1.165) is 0 Å². The molecule has 6 heteroatoms. The number of hydrogen-bond donors (Lipinski definition) is 2. The first-order valence-corrected chi connectivity index (χ1v) is 3.85. The van der Waals surface area contributed by atoms with E-state index in [4.69, 9.17) is 5.11 Å². The monoisotopic (exact) mass is 153 g/mol. The maximum absolute atomic E-state index is 10.1. The van der Waals surface area contributed by atoms with Gasteiger partial charge in [-0.2, -0.15) is 0 Å². The predicted octanol–water partition coefficient (Wildman–Crippen LogP) is -1.25. The van der Waals surface area contributed by atoms with E-state index in [1.54, 1.807) is 0 Å². The van der Waals surface area contributed by atoms with Crippen LogP contribution in [0.1, 0.15) is 6.42 Å². The van der Waals surface area contributed by atoms with Crippen molar-refractivity contribution < 1.29 is 18.3 Å². The molecule has 0 saturated heterocycles. The van der Waals surface area contributed by atoms with Gasteiger partial charge in [0.1, 0.15) is 0 Å². The number of rotatable bonds is 3. The number of primary sulfonamides is 1. The average molecular weight is 153 g/mol. The summed E-state index contributed by atoms with van der Waals surface area (Å²) < 4.78 is 20.1. The van der Waals surface area contributed by atoms with Crippen LogP contribution in [-0.2, 0) is 14.8 Å². The molecule has 0 rings (SSSR count). The fourth-order valence-electron chi connectivity index (χ4n) is 0.230. The second-order valence-corrected chi connectivity index (χ2v) is 3.24. The van der Waals surface area contributed by atoms with Crippen LogP contribution in [-0.4, -0.2) is 25.2 Å². The molecule has 0 unspecified atom stereocenters. The molecule has 0 atom stereocenters. The van der Waals surface area contributed by atoms with Gasteiger partial charge in [0.05, 0.1) is 12.2 Å². The average Bonchev–Trinajstić information content (AvgIpc) is 1.59. The van der Waals surface area contributed by atoms with Crippen LogP contribution in [0.25, 0.3) is 0 Å². The Morgan fingerprint density at radius 2 is 2.00 bits per heavy atom. The van der Waals surface area contributed by atoms with Gasteiger partial charge in [0.25, 0.3) is 0 Å². The van der Waals surface area contributed by atoms with Crippen LogP contribution in [0, 0.1) is 0 Å². The van der Waals surface area contributed by atoms with Crippen LogP contribution in [0.3, 0.4) is 0 Å². The summed E-state index contributed by atoms with van der Waals surface area (Å²) in [6, 6.07) is 0. The van der Waals surface area contributed by atoms with Crippen LogP contribution in [0.4, 0.5) is 0 Å². The Labute approximate surface area is 52.5 Å². The number of carboxylic acids is 1. The normalized spacial score (nSPS) is 11.2. The van der Waals surface area contributed by atoms with Crippen LogP contribution >= 0.6 is 0 Å². The topological polar surface area (TPSA) is 97.5 Å². The van der Waals surface area contributed by atoms with Crippen molar-refractivity contribution in [2.24, 2.45) is 5.14 Å². The molecule has 0 radical (unpaired) electrons. The third-order valence-corrected chi connectivity index (χ3v) is 1.37. The van der Waals surface area contributed by atoms with Crippen LogP contribution in [0.15, 0.2) is 0 Å². The molecule has 3 N–H and O–H groups in total. The standard InChI is InChI=1S/C3H7NO4S/c4-9(7,8)2-1-3(5)6/h1-2H2,(H,5,6)(H2,4,7,8). The highest BCUT2D eigenvalue weighted by atomic mass is 32.2. The molecule has 0 amide bonds. The van der Waals surface area contributed by atoms with E-state index in [-0.39, 0.29) is 0 Å². The van der Waals surface area contributed by atoms with Crippen LogP contribution in [0.2, 0.25) is 0 Å². The minimum absolute atomic E-state index is 0.432. The number of sulfonamides is 1. The highest BCUT2D eigenvalue weighted by Gasteiger charge is 2.05. The van der Waals surface area contributed by atoms with E-state index in [9.17, 15) is 13.2 Å². The third kappa shape index (κ3) is 7.38. The van der Waals surface area contributed by atoms with Gasteiger partial charge < -0.3 is 5.11 Å². The number of hydrogen-bond acceptors (Lipinski definition) is 3. The molecular weight excluding hydrogens is 146 g/mol. The lowest BCUT2D eigenvalue weighted by Gasteiger charge is -1.90. The molecule has 0 heterocycles. The summed E-state index contributed by atoms with van der Waals surface area (Å²) in [7, 11) is -3.60. The Balaban J connectivity index is 3.67. The van der Waals surface area contributed by atoms with Crippen molar-refractivity contribution >= 4 is 16.0 Å². The van der Waals surface area contributed by atoms with Crippen molar-refractivity contribution in [3.63, 3.8) is 0 Å². The molecule has 0 spiro atoms. The smallest absolute Gasteiger partial charge is 0.304 e. The van der Waals surface area contributed by atoms with E-state index < -0.39 is 28.2 Å². The lowest BCUT2D eigenvalue weighted by Crippen LogP contribution is -2.18. The first kappa shape index (κ1) is 8.38. The molecule has 0 saturated carbocycles. The Morgan fingerprint density at radius 1 is 1.56 bits per heavy atom. The van der Waals surface area contributed by atoms with Gasteiger partial charge in [-0.1, -0.05) is 0 Å². The highest BCUT2D eigenvalue weighted by molar-refractivity contribution is 7.89. The van der Waals surface area contributed by atoms with Crippen molar-refractivity contribution in [3.05, 3.63) is 0 Å². The zero-order chi connectivity index (χ0) is 7.49. The van der Waals surface area contributed by atoms with Crippen molar-refractivity contribution in [2.45, 2.75) is 6.42 Å². The lowest BCUT2D eigenvalue weighted by atomic mass is 10.5. The fourth-order valence-corrected chi connectivity index (χ4v) is 0.689. The third-order valence-electron chi connectivity index (χ3n) is 0.600. The largest absolute Gasteiger partial charge is 0.481 e. The zero-order valence-electron chi connectivity index (χ0n) is 4.57. The van der Waals surface area contributed by atoms with Crippen LogP contribution in [0.5, 0.6) is 0 Å². The minimum Gasteiger partial charge on any atom is -0.481 e. The van der Waals surface area contributed by atoms with E-state index in [1.165, 1.54) is 0 Å². The van der Waals surface area contributed by atoms with E-state index in [1.807, 2.05) is 0 Å². The summed E-state index contributed by atoms with van der Waals surface area (Å²) in [5.74, 6) is -1.66. The molecule has 54 valence electrons. The molecule has 0 bridgehead atoms. The SMILES string of the molecule is NS(=O)(=O)CCC(=O)O. The van der Waals surface area contributed by atoms with Crippen molar-refractivity contribution in [1.29, 1.82) is 0 Å². The Kier molecular flexibility index (Phi) is 2.60. The number of nitrogens with two attached hydrogens (primary N) is 1. The van der Waals surface area contributed by atoms with Gasteiger partial charge in [0, 0.05) is 0 Å². The van der Waals surface area contributed by atoms with E-state index in [0.29, 0.717) is 0 Å². The first-order chi connectivity index (χ1) is 3.92. The van der Waals surface area contributed by atoms with Crippen molar-refractivity contribution in [2.75, 3.05) is 5.75 Å². The Bertz CT molecular complexity index is 194. The zero-order valence-corrected chi connectivity index (χ0v) is 5.39. The predicted molar refractivity (Wildman–Crippen MR) is 30.2 cm³/mol. The van der Waals surface area contributed by atoms with E-state index in [2.05, 4.69) is 5.14 Å². The van der Waals surface area contributed by atoms with Gasteiger partial charge in [0.15, 0.2) is 0 Å². The van der Waals surface area contributed by atoms with Gasteiger partial charge in [-0.05, 0) is 0 Å². The molecule has 0 aliphatic carbocycles.